The summed E-state index contributed by atoms with van der Waals surface area (Å²) in [5.41, 5.74) is 7.39. The van der Waals surface area contributed by atoms with Crippen LogP contribution in [-0.4, -0.2) is 51.1 Å². The molecule has 1 aromatic carbocycles. The van der Waals surface area contributed by atoms with E-state index in [9.17, 15) is 4.79 Å². The number of likely N-dealkylation sites (tertiary alicyclic amines) is 1. The van der Waals surface area contributed by atoms with E-state index < -0.39 is 0 Å². The molecule has 3 N–H and O–H groups in total. The minimum absolute atomic E-state index is 0.194. The Morgan fingerprint density at radius 3 is 2.73 bits per heavy atom. The molecular formula is C24H24N6OS2. The highest BCUT2D eigenvalue weighted by atomic mass is 32.2. The molecule has 4 heterocycles. The lowest BCUT2D eigenvalue weighted by Gasteiger charge is -2.28. The van der Waals surface area contributed by atoms with Gasteiger partial charge in [0.15, 0.2) is 5.13 Å². The van der Waals surface area contributed by atoms with Crippen LogP contribution in [0.2, 0.25) is 0 Å². The van der Waals surface area contributed by atoms with Crippen LogP contribution >= 0.6 is 23.1 Å². The maximum Gasteiger partial charge on any atom is 0.256 e. The number of thioether (sulfide) groups is 1. The van der Waals surface area contributed by atoms with Gasteiger partial charge in [-0.2, -0.15) is 0 Å². The maximum absolute atomic E-state index is 12.9. The summed E-state index contributed by atoms with van der Waals surface area (Å²) in [6, 6.07) is 11.6. The zero-order chi connectivity index (χ0) is 22.8. The second kappa shape index (κ2) is 9.46. The highest BCUT2D eigenvalue weighted by Gasteiger charge is 2.19. The van der Waals surface area contributed by atoms with Gasteiger partial charge in [0.05, 0.1) is 9.90 Å². The van der Waals surface area contributed by atoms with E-state index in [2.05, 4.69) is 38.3 Å². The van der Waals surface area contributed by atoms with E-state index in [4.69, 9.17) is 5.73 Å². The van der Waals surface area contributed by atoms with Gasteiger partial charge in [0.2, 0.25) is 0 Å². The van der Waals surface area contributed by atoms with Crippen molar-refractivity contribution in [3.63, 3.8) is 0 Å². The van der Waals surface area contributed by atoms with Gasteiger partial charge in [0, 0.05) is 34.8 Å². The number of benzene rings is 1. The molecule has 1 fully saturated rings. The molecule has 0 bridgehead atoms. The largest absolute Gasteiger partial charge is 0.375 e. The fourth-order valence-corrected chi connectivity index (χ4v) is 5.65. The Kier molecular flexibility index (Phi) is 6.26. The number of carbonyl (C=O) groups excluding carboxylic acids is 1. The van der Waals surface area contributed by atoms with Crippen LogP contribution in [0, 0.1) is 0 Å². The van der Waals surface area contributed by atoms with Crippen molar-refractivity contribution in [2.45, 2.75) is 23.1 Å². The summed E-state index contributed by atoms with van der Waals surface area (Å²) in [5, 5.41) is 6.87. The van der Waals surface area contributed by atoms with Gasteiger partial charge in [-0.1, -0.05) is 23.5 Å². The predicted octanol–water partition coefficient (Wildman–Crippen LogP) is 4.77. The van der Waals surface area contributed by atoms with Crippen LogP contribution in [0.3, 0.4) is 0 Å². The summed E-state index contributed by atoms with van der Waals surface area (Å²) in [6.45, 7) is 2.20. The molecule has 7 nitrogen and oxygen atoms in total. The molecule has 1 saturated heterocycles. The normalized spacial score (nSPS) is 15.1. The molecule has 0 spiro atoms. The van der Waals surface area contributed by atoms with E-state index in [0.29, 0.717) is 21.8 Å². The molecule has 1 amide bonds. The number of nitrogens with two attached hydrogens (primary N) is 1. The fourth-order valence-electron chi connectivity index (χ4n) is 3.86. The third kappa shape index (κ3) is 5.16. The van der Waals surface area contributed by atoms with Crippen molar-refractivity contribution in [2.24, 2.45) is 0 Å². The quantitative estimate of drug-likeness (QED) is 0.428. The average Bonchev–Trinajstić information content (AvgIpc) is 3.26. The molecule has 0 aliphatic carbocycles. The molecular weight excluding hydrogens is 452 g/mol. The van der Waals surface area contributed by atoms with E-state index in [0.717, 1.165) is 52.2 Å². The molecule has 1 aliphatic heterocycles. The smallest absolute Gasteiger partial charge is 0.256 e. The van der Waals surface area contributed by atoms with Crippen molar-refractivity contribution < 1.29 is 4.79 Å². The molecule has 5 rings (SSSR count). The van der Waals surface area contributed by atoms with Crippen molar-refractivity contribution >= 4 is 50.7 Å². The number of rotatable bonds is 5. The van der Waals surface area contributed by atoms with Crippen molar-refractivity contribution in [2.75, 3.05) is 31.2 Å². The van der Waals surface area contributed by atoms with E-state index in [-0.39, 0.29) is 5.91 Å². The Bertz CT molecular complexity index is 1300. The summed E-state index contributed by atoms with van der Waals surface area (Å²) in [4.78, 5) is 29.3. The number of fused-ring (bicyclic) bond motifs is 1. The topological polar surface area (TPSA) is 97.0 Å². The zero-order valence-corrected chi connectivity index (χ0v) is 19.8. The van der Waals surface area contributed by atoms with Gasteiger partial charge in [0.25, 0.3) is 5.91 Å². The van der Waals surface area contributed by atoms with Gasteiger partial charge >= 0.3 is 0 Å². The number of nitrogens with zero attached hydrogens (tertiary/aromatic N) is 4. The number of nitrogen functional groups attached to an aromatic ring is 1. The molecule has 1 aliphatic rings. The Morgan fingerprint density at radius 2 is 1.94 bits per heavy atom. The fraction of sp³-hybridized carbons (Fsp3) is 0.250. The van der Waals surface area contributed by atoms with Crippen molar-refractivity contribution in [1.82, 2.24) is 19.9 Å². The molecule has 0 saturated carbocycles. The van der Waals surface area contributed by atoms with Gasteiger partial charge in [-0.25, -0.2) is 15.0 Å². The lowest BCUT2D eigenvalue weighted by atomic mass is 10.1. The summed E-state index contributed by atoms with van der Waals surface area (Å²) < 4.78 is 0. The Labute approximate surface area is 200 Å². The van der Waals surface area contributed by atoms with Gasteiger partial charge in [0.1, 0.15) is 5.82 Å². The first kappa shape index (κ1) is 21.8. The molecule has 4 aromatic rings. The zero-order valence-electron chi connectivity index (χ0n) is 18.2. The standard InChI is InChI=1S/C24H24N6OS2/c1-30-8-5-19(6-9-30)32-22-12-16(4-7-26-22)23(31)29-21-11-18-10-15(2-3-17(18)13-27-21)20-14-28-24(25)33-20/h2-4,7,10-14,19H,5-6,8-9H2,1H3,(H2,25,28)(H,27,29,31). The SMILES string of the molecule is CN1CCC(Sc2cc(C(=O)Nc3cc4cc(-c5cnc(N)s5)ccc4cn3)ccn2)CC1. The number of anilines is 2. The predicted molar refractivity (Wildman–Crippen MR) is 136 cm³/mol. The van der Waals surface area contributed by atoms with Crippen LogP contribution in [0.25, 0.3) is 21.2 Å². The highest BCUT2D eigenvalue weighted by Crippen LogP contribution is 2.31. The summed E-state index contributed by atoms with van der Waals surface area (Å²) in [7, 11) is 2.15. The number of carbonyl (C=O) groups is 1. The number of amides is 1. The van der Waals surface area contributed by atoms with Crippen LogP contribution in [0.1, 0.15) is 23.2 Å². The number of thiazole rings is 1. The third-order valence-corrected chi connectivity index (χ3v) is 7.87. The average molecular weight is 477 g/mol. The molecule has 0 radical (unpaired) electrons. The Balaban J connectivity index is 1.31. The second-order valence-electron chi connectivity index (χ2n) is 8.15. The number of hydrogen-bond donors (Lipinski definition) is 2. The molecule has 9 heteroatoms. The first-order chi connectivity index (χ1) is 16.0. The van der Waals surface area contributed by atoms with Crippen LogP contribution in [0.5, 0.6) is 0 Å². The number of aromatic nitrogens is 3. The number of hydrogen-bond acceptors (Lipinski definition) is 8. The molecule has 168 valence electrons. The summed E-state index contributed by atoms with van der Waals surface area (Å²) >= 11 is 3.21. The van der Waals surface area contributed by atoms with Gasteiger partial charge in [-0.3, -0.25) is 4.79 Å². The van der Waals surface area contributed by atoms with E-state index in [1.165, 1.54) is 11.3 Å². The van der Waals surface area contributed by atoms with E-state index in [1.54, 1.807) is 36.4 Å². The lowest BCUT2D eigenvalue weighted by molar-refractivity contribution is 0.102. The highest BCUT2D eigenvalue weighted by molar-refractivity contribution is 7.99. The summed E-state index contributed by atoms with van der Waals surface area (Å²) in [6.07, 6.45) is 7.51. The van der Waals surface area contributed by atoms with Crippen LogP contribution in [-0.2, 0) is 0 Å². The Hall–Kier alpha value is -3.01. The van der Waals surface area contributed by atoms with Gasteiger partial charge < -0.3 is 16.0 Å². The minimum Gasteiger partial charge on any atom is -0.375 e. The first-order valence-electron chi connectivity index (χ1n) is 10.8. The summed E-state index contributed by atoms with van der Waals surface area (Å²) in [5.74, 6) is 0.315. The number of piperidine rings is 1. The Morgan fingerprint density at radius 1 is 1.09 bits per heavy atom. The van der Waals surface area contributed by atoms with Crippen molar-refractivity contribution in [1.29, 1.82) is 0 Å². The maximum atomic E-state index is 12.9. The van der Waals surface area contributed by atoms with Crippen LogP contribution in [0.4, 0.5) is 10.9 Å². The van der Waals surface area contributed by atoms with Gasteiger partial charge in [-0.15, -0.1) is 11.8 Å². The van der Waals surface area contributed by atoms with E-state index in [1.807, 2.05) is 24.3 Å². The number of nitrogens with one attached hydrogen (secondary N) is 1. The van der Waals surface area contributed by atoms with Crippen LogP contribution in [0.15, 0.2) is 60.0 Å². The third-order valence-electron chi connectivity index (χ3n) is 5.72. The van der Waals surface area contributed by atoms with Gasteiger partial charge in [-0.05, 0) is 68.2 Å². The second-order valence-corrected chi connectivity index (χ2v) is 10.5. The lowest BCUT2D eigenvalue weighted by Crippen LogP contribution is -2.31. The van der Waals surface area contributed by atoms with Crippen molar-refractivity contribution in [3.8, 4) is 10.4 Å². The molecule has 33 heavy (non-hydrogen) atoms. The molecule has 3 aromatic heterocycles. The molecule has 0 atom stereocenters. The minimum atomic E-state index is -0.194. The number of pyridine rings is 2. The van der Waals surface area contributed by atoms with E-state index >= 15 is 0 Å². The first-order valence-corrected chi connectivity index (χ1v) is 12.5. The van der Waals surface area contributed by atoms with Crippen LogP contribution < -0.4 is 11.1 Å². The monoisotopic (exact) mass is 476 g/mol. The van der Waals surface area contributed by atoms with Crippen molar-refractivity contribution in [3.05, 3.63) is 60.6 Å². The molecule has 0 unspecified atom stereocenters.